The van der Waals surface area contributed by atoms with Gasteiger partial charge in [-0.3, -0.25) is 4.79 Å². The molecule has 9 heteroatoms. The van der Waals surface area contributed by atoms with Crippen molar-refractivity contribution in [3.8, 4) is 11.3 Å². The normalized spacial score (nSPS) is 15.5. The molecule has 0 N–H and O–H groups in total. The van der Waals surface area contributed by atoms with Crippen LogP contribution in [0.4, 0.5) is 0 Å². The highest BCUT2D eigenvalue weighted by molar-refractivity contribution is 7.89. The van der Waals surface area contributed by atoms with Gasteiger partial charge in [-0.1, -0.05) is 29.8 Å². The summed E-state index contributed by atoms with van der Waals surface area (Å²) in [6.45, 7) is 4.42. The molecular weight excluding hydrogens is 502 g/mol. The van der Waals surface area contributed by atoms with E-state index in [1.165, 1.54) is 4.31 Å². The minimum atomic E-state index is -3.62. The van der Waals surface area contributed by atoms with Gasteiger partial charge in [0.1, 0.15) is 11.2 Å². The average Bonchev–Trinajstić information content (AvgIpc) is 3.66. The Morgan fingerprint density at radius 3 is 2.47 bits per heavy atom. The molecule has 1 fully saturated rings. The number of benzene rings is 2. The van der Waals surface area contributed by atoms with E-state index in [1.54, 1.807) is 49.5 Å². The molecule has 8 nitrogen and oxygen atoms in total. The van der Waals surface area contributed by atoms with Gasteiger partial charge in [-0.05, 0) is 68.1 Å². The van der Waals surface area contributed by atoms with Crippen LogP contribution in [0, 0.1) is 6.92 Å². The fraction of sp³-hybridized carbons (Fsp3) is 0.276. The van der Waals surface area contributed by atoms with E-state index >= 15 is 0 Å². The number of pyridine rings is 2. The summed E-state index contributed by atoms with van der Waals surface area (Å²) in [5, 5.41) is 0.378. The van der Waals surface area contributed by atoms with Gasteiger partial charge in [0.15, 0.2) is 0 Å². The molecule has 1 aliphatic carbocycles. The van der Waals surface area contributed by atoms with Gasteiger partial charge < -0.3 is 9.30 Å². The van der Waals surface area contributed by atoms with Gasteiger partial charge in [0.25, 0.3) is 0 Å². The fourth-order valence-electron chi connectivity index (χ4n) is 4.92. The van der Waals surface area contributed by atoms with E-state index in [4.69, 9.17) is 9.72 Å². The largest absolute Gasteiger partial charge is 0.462 e. The maximum atomic E-state index is 13.2. The van der Waals surface area contributed by atoms with Crippen molar-refractivity contribution >= 4 is 27.0 Å². The van der Waals surface area contributed by atoms with Crippen molar-refractivity contribution in [2.24, 2.45) is 0 Å². The first-order valence-electron chi connectivity index (χ1n) is 12.7. The van der Waals surface area contributed by atoms with Crippen molar-refractivity contribution in [3.63, 3.8) is 0 Å². The topological polar surface area (TPSA) is 98.6 Å². The van der Waals surface area contributed by atoms with Crippen LogP contribution in [0.5, 0.6) is 0 Å². The Labute approximate surface area is 220 Å². The SMILES string of the molecule is CCOC(=O)c1cn(C2CC2)c2nc(-c3ccc4c(c3)CN(S(=O)(=O)c3ccc(C)cc3)C4)ccc2c1=O. The van der Waals surface area contributed by atoms with Gasteiger partial charge in [-0.25, -0.2) is 18.2 Å². The van der Waals surface area contributed by atoms with Crippen molar-refractivity contribution in [2.75, 3.05) is 6.61 Å². The van der Waals surface area contributed by atoms with Crippen molar-refractivity contribution in [3.05, 3.63) is 93.3 Å². The molecule has 0 spiro atoms. The number of carbonyl (C=O) groups excluding carboxylic acids is 1. The molecule has 0 saturated heterocycles. The molecule has 0 radical (unpaired) electrons. The number of rotatable bonds is 6. The van der Waals surface area contributed by atoms with E-state index in [0.29, 0.717) is 23.3 Å². The Balaban J connectivity index is 1.35. The number of nitrogens with zero attached hydrogens (tertiary/aromatic N) is 3. The number of esters is 1. The predicted molar refractivity (Wildman–Crippen MR) is 143 cm³/mol. The molecule has 6 rings (SSSR count). The highest BCUT2D eigenvalue weighted by Gasteiger charge is 2.31. The van der Waals surface area contributed by atoms with Crippen LogP contribution >= 0.6 is 0 Å². The molecule has 1 saturated carbocycles. The van der Waals surface area contributed by atoms with Crippen LogP contribution in [0.2, 0.25) is 0 Å². The number of aromatic nitrogens is 2. The smallest absolute Gasteiger partial charge is 0.343 e. The Kier molecular flexibility index (Phi) is 5.92. The highest BCUT2D eigenvalue weighted by atomic mass is 32.2. The Morgan fingerprint density at radius 2 is 1.76 bits per heavy atom. The number of fused-ring (bicyclic) bond motifs is 2. The van der Waals surface area contributed by atoms with E-state index in [0.717, 1.165) is 35.1 Å². The summed E-state index contributed by atoms with van der Waals surface area (Å²) in [6, 6.07) is 16.4. The molecule has 2 aromatic carbocycles. The predicted octanol–water partition coefficient (Wildman–Crippen LogP) is 4.59. The summed E-state index contributed by atoms with van der Waals surface area (Å²) in [4.78, 5) is 30.6. The van der Waals surface area contributed by atoms with E-state index in [2.05, 4.69) is 0 Å². The Bertz CT molecular complexity index is 1760. The lowest BCUT2D eigenvalue weighted by Gasteiger charge is -2.15. The molecule has 0 bridgehead atoms. The molecule has 3 heterocycles. The van der Waals surface area contributed by atoms with E-state index in [1.807, 2.05) is 29.7 Å². The van der Waals surface area contributed by atoms with Crippen LogP contribution < -0.4 is 5.43 Å². The van der Waals surface area contributed by atoms with E-state index < -0.39 is 16.0 Å². The summed E-state index contributed by atoms with van der Waals surface area (Å²) in [5.41, 5.74) is 4.57. The maximum absolute atomic E-state index is 13.2. The third-order valence-electron chi connectivity index (χ3n) is 7.17. The fourth-order valence-corrected chi connectivity index (χ4v) is 6.32. The van der Waals surface area contributed by atoms with Crippen LogP contribution in [-0.2, 0) is 27.8 Å². The lowest BCUT2D eigenvalue weighted by atomic mass is 10.0. The number of sulfonamides is 1. The lowest BCUT2D eigenvalue weighted by Crippen LogP contribution is -2.25. The number of hydrogen-bond donors (Lipinski definition) is 0. The molecule has 38 heavy (non-hydrogen) atoms. The average molecular weight is 530 g/mol. The number of ether oxygens (including phenoxy) is 1. The van der Waals surface area contributed by atoms with Gasteiger partial charge in [0.2, 0.25) is 15.5 Å². The van der Waals surface area contributed by atoms with Crippen molar-refractivity contribution in [1.29, 1.82) is 0 Å². The summed E-state index contributed by atoms with van der Waals surface area (Å²) >= 11 is 0. The minimum absolute atomic E-state index is 0.0215. The zero-order valence-electron chi connectivity index (χ0n) is 21.2. The molecule has 1 aliphatic heterocycles. The second-order valence-corrected chi connectivity index (χ2v) is 11.8. The third-order valence-corrected chi connectivity index (χ3v) is 8.97. The highest BCUT2D eigenvalue weighted by Crippen LogP contribution is 2.37. The minimum Gasteiger partial charge on any atom is -0.462 e. The van der Waals surface area contributed by atoms with Crippen LogP contribution in [0.15, 0.2) is 70.5 Å². The van der Waals surface area contributed by atoms with Crippen LogP contribution in [0.25, 0.3) is 22.3 Å². The van der Waals surface area contributed by atoms with Gasteiger partial charge in [-0.15, -0.1) is 0 Å². The molecule has 0 amide bonds. The monoisotopic (exact) mass is 529 g/mol. The third kappa shape index (κ3) is 4.21. The summed E-state index contributed by atoms with van der Waals surface area (Å²) in [5.74, 6) is -0.623. The molecule has 194 valence electrons. The molecule has 4 aromatic rings. The van der Waals surface area contributed by atoms with Gasteiger partial charge >= 0.3 is 5.97 Å². The second kappa shape index (κ2) is 9.18. The maximum Gasteiger partial charge on any atom is 0.343 e. The molecular formula is C29H27N3O5S. The van der Waals surface area contributed by atoms with Gasteiger partial charge in [0.05, 0.1) is 22.6 Å². The molecule has 2 aliphatic rings. The van der Waals surface area contributed by atoms with E-state index in [-0.39, 0.29) is 35.1 Å². The number of aryl methyl sites for hydroxylation is 1. The summed E-state index contributed by atoms with van der Waals surface area (Å²) < 4.78 is 34.9. The first-order valence-corrected chi connectivity index (χ1v) is 14.1. The second-order valence-electron chi connectivity index (χ2n) is 9.87. The zero-order chi connectivity index (χ0) is 26.6. The summed E-state index contributed by atoms with van der Waals surface area (Å²) in [6.07, 6.45) is 3.49. The Morgan fingerprint density at radius 1 is 1.03 bits per heavy atom. The lowest BCUT2D eigenvalue weighted by molar-refractivity contribution is 0.0524. The molecule has 0 unspecified atom stereocenters. The zero-order valence-corrected chi connectivity index (χ0v) is 22.0. The van der Waals surface area contributed by atoms with Crippen LogP contribution in [0.3, 0.4) is 0 Å². The number of carbonyl (C=O) groups is 1. The van der Waals surface area contributed by atoms with Gasteiger partial charge in [0, 0.05) is 30.9 Å². The molecule has 2 aromatic heterocycles. The van der Waals surface area contributed by atoms with Gasteiger partial charge in [-0.2, -0.15) is 4.31 Å². The quantitative estimate of drug-likeness (QED) is 0.339. The van der Waals surface area contributed by atoms with Crippen LogP contribution in [0.1, 0.15) is 52.9 Å². The van der Waals surface area contributed by atoms with Crippen LogP contribution in [-0.4, -0.2) is 34.9 Å². The van der Waals surface area contributed by atoms with Crippen molar-refractivity contribution in [1.82, 2.24) is 13.9 Å². The first-order chi connectivity index (χ1) is 18.3. The number of hydrogen-bond acceptors (Lipinski definition) is 6. The van der Waals surface area contributed by atoms with Crippen molar-refractivity contribution in [2.45, 2.75) is 50.7 Å². The van der Waals surface area contributed by atoms with Crippen molar-refractivity contribution < 1.29 is 17.9 Å². The Hall–Kier alpha value is -3.82. The van der Waals surface area contributed by atoms with E-state index in [9.17, 15) is 18.0 Å². The molecule has 0 atom stereocenters. The standard InChI is InChI=1S/C29H27N3O5S/c1-3-37-29(34)25-17-32(22-8-9-22)28-24(27(25)33)12-13-26(30-28)19-6-7-20-15-31(16-21(20)14-19)38(35,36)23-10-4-18(2)5-11-23/h4-7,10-14,17,22H,3,8-9,15-16H2,1-2H3. The summed E-state index contributed by atoms with van der Waals surface area (Å²) in [7, 11) is -3.62. The first kappa shape index (κ1) is 24.5.